The van der Waals surface area contributed by atoms with Crippen LogP contribution in [0, 0.1) is 10.5 Å². The predicted molar refractivity (Wildman–Crippen MR) is 103 cm³/mol. The van der Waals surface area contributed by atoms with E-state index in [1.807, 2.05) is 36.4 Å². The van der Waals surface area contributed by atoms with Gasteiger partial charge in [0.15, 0.2) is 11.5 Å². The molecule has 0 radical (unpaired) electrons. The number of carbonyl (C=O) groups is 1. The third kappa shape index (κ3) is 4.61. The molecule has 0 fully saturated rings. The average molecular weight is 459 g/mol. The van der Waals surface area contributed by atoms with E-state index in [0.717, 1.165) is 5.56 Å². The van der Waals surface area contributed by atoms with Crippen molar-refractivity contribution in [2.75, 3.05) is 6.61 Å². The number of benzene rings is 2. The Morgan fingerprint density at radius 2 is 2.17 bits per heavy atom. The SMILES string of the molecule is CCOc1cc(/C=N/NC(=O)c2ccc(C)cc2Cl)cc(I)c1O. The quantitative estimate of drug-likeness (QED) is 0.402. The van der Waals surface area contributed by atoms with Crippen LogP contribution in [0.2, 0.25) is 5.02 Å². The summed E-state index contributed by atoms with van der Waals surface area (Å²) in [5, 5.41) is 14.2. The van der Waals surface area contributed by atoms with Crippen LogP contribution in [0.5, 0.6) is 11.5 Å². The Morgan fingerprint density at radius 1 is 1.42 bits per heavy atom. The number of aromatic hydroxyl groups is 1. The van der Waals surface area contributed by atoms with Gasteiger partial charge in [-0.15, -0.1) is 0 Å². The number of nitrogens with zero attached hydrogens (tertiary/aromatic N) is 1. The number of rotatable bonds is 5. The van der Waals surface area contributed by atoms with E-state index in [1.165, 1.54) is 6.21 Å². The molecule has 0 aliphatic heterocycles. The van der Waals surface area contributed by atoms with Gasteiger partial charge in [0.2, 0.25) is 0 Å². The van der Waals surface area contributed by atoms with Crippen molar-refractivity contribution in [1.29, 1.82) is 0 Å². The molecule has 0 unspecified atom stereocenters. The van der Waals surface area contributed by atoms with Crippen molar-refractivity contribution < 1.29 is 14.6 Å². The van der Waals surface area contributed by atoms with Crippen molar-refractivity contribution in [2.24, 2.45) is 5.10 Å². The van der Waals surface area contributed by atoms with E-state index in [1.54, 1.807) is 30.3 Å². The molecule has 0 aromatic heterocycles. The number of ether oxygens (including phenoxy) is 1. The second-order valence-corrected chi connectivity index (χ2v) is 6.53. The average Bonchev–Trinajstić information content (AvgIpc) is 2.52. The fourth-order valence-corrected chi connectivity index (χ4v) is 2.91. The summed E-state index contributed by atoms with van der Waals surface area (Å²) in [5.74, 6) is 0.0681. The maximum absolute atomic E-state index is 12.1. The van der Waals surface area contributed by atoms with Crippen LogP contribution in [-0.2, 0) is 0 Å². The molecule has 2 rings (SSSR count). The number of aryl methyl sites for hydroxylation is 1. The van der Waals surface area contributed by atoms with E-state index in [0.29, 0.717) is 32.1 Å². The fourth-order valence-electron chi connectivity index (χ4n) is 1.96. The monoisotopic (exact) mass is 458 g/mol. The Bertz CT molecular complexity index is 794. The van der Waals surface area contributed by atoms with E-state index in [9.17, 15) is 9.90 Å². The summed E-state index contributed by atoms with van der Waals surface area (Å²) >= 11 is 8.06. The van der Waals surface area contributed by atoms with E-state index in [-0.39, 0.29) is 5.75 Å². The van der Waals surface area contributed by atoms with Crippen LogP contribution >= 0.6 is 34.2 Å². The van der Waals surface area contributed by atoms with Crippen molar-refractivity contribution >= 4 is 46.3 Å². The van der Waals surface area contributed by atoms with Crippen molar-refractivity contribution in [1.82, 2.24) is 5.43 Å². The standard InChI is InChI=1S/C17H16ClIN2O3/c1-3-24-15-8-11(7-14(19)16(15)22)9-20-21-17(23)12-5-4-10(2)6-13(12)18/h4-9,22H,3H2,1-2H3,(H,21,23)/b20-9+. The molecule has 0 saturated heterocycles. The summed E-state index contributed by atoms with van der Waals surface area (Å²) in [4.78, 5) is 12.1. The molecule has 126 valence electrons. The van der Waals surface area contributed by atoms with E-state index >= 15 is 0 Å². The minimum absolute atomic E-state index is 0.0880. The number of carbonyl (C=O) groups excluding carboxylic acids is 1. The van der Waals surface area contributed by atoms with Crippen LogP contribution in [0.15, 0.2) is 35.4 Å². The number of phenolic OH excluding ortho intramolecular Hbond substituents is 1. The zero-order valence-corrected chi connectivity index (χ0v) is 16.1. The Balaban J connectivity index is 2.12. The first-order valence-electron chi connectivity index (χ1n) is 7.17. The van der Waals surface area contributed by atoms with Crippen LogP contribution in [0.1, 0.15) is 28.4 Å². The third-order valence-electron chi connectivity index (χ3n) is 3.10. The van der Waals surface area contributed by atoms with E-state index in [4.69, 9.17) is 16.3 Å². The number of nitrogens with one attached hydrogen (secondary N) is 1. The number of hydrazone groups is 1. The van der Waals surface area contributed by atoms with Gasteiger partial charge < -0.3 is 9.84 Å². The molecule has 1 amide bonds. The van der Waals surface area contributed by atoms with Gasteiger partial charge in [0, 0.05) is 0 Å². The molecule has 0 saturated carbocycles. The molecular weight excluding hydrogens is 443 g/mol. The molecule has 7 heteroatoms. The number of hydrogen-bond donors (Lipinski definition) is 2. The first-order valence-corrected chi connectivity index (χ1v) is 8.63. The summed E-state index contributed by atoms with van der Waals surface area (Å²) in [6.07, 6.45) is 1.48. The van der Waals surface area contributed by atoms with Gasteiger partial charge in [0.1, 0.15) is 0 Å². The summed E-state index contributed by atoms with van der Waals surface area (Å²) in [5.41, 5.74) is 4.45. The first kappa shape index (κ1) is 18.5. The first-order chi connectivity index (χ1) is 11.4. The molecule has 2 aromatic rings. The van der Waals surface area contributed by atoms with Gasteiger partial charge in [-0.25, -0.2) is 5.43 Å². The predicted octanol–water partition coefficient (Wildman–Crippen LogP) is 4.12. The number of phenols is 1. The topological polar surface area (TPSA) is 70.9 Å². The second-order valence-electron chi connectivity index (χ2n) is 4.96. The molecule has 0 atom stereocenters. The normalized spacial score (nSPS) is 10.8. The highest BCUT2D eigenvalue weighted by Crippen LogP contribution is 2.32. The minimum atomic E-state index is -0.394. The summed E-state index contributed by atoms with van der Waals surface area (Å²) in [7, 11) is 0. The van der Waals surface area contributed by atoms with Gasteiger partial charge in [-0.2, -0.15) is 5.10 Å². The van der Waals surface area contributed by atoms with Crippen LogP contribution in [0.4, 0.5) is 0 Å². The minimum Gasteiger partial charge on any atom is -0.504 e. The molecule has 0 bridgehead atoms. The van der Waals surface area contributed by atoms with Gasteiger partial charge in [-0.05, 0) is 71.8 Å². The highest BCUT2D eigenvalue weighted by Gasteiger charge is 2.10. The van der Waals surface area contributed by atoms with Crippen LogP contribution in [0.25, 0.3) is 0 Å². The highest BCUT2D eigenvalue weighted by atomic mass is 127. The van der Waals surface area contributed by atoms with Crippen LogP contribution in [-0.4, -0.2) is 23.8 Å². The zero-order valence-electron chi connectivity index (χ0n) is 13.1. The lowest BCUT2D eigenvalue weighted by Gasteiger charge is -2.08. The summed E-state index contributed by atoms with van der Waals surface area (Å²) in [6.45, 7) is 4.17. The lowest BCUT2D eigenvalue weighted by molar-refractivity contribution is 0.0955. The third-order valence-corrected chi connectivity index (χ3v) is 4.23. The highest BCUT2D eigenvalue weighted by molar-refractivity contribution is 14.1. The van der Waals surface area contributed by atoms with E-state index < -0.39 is 5.91 Å². The van der Waals surface area contributed by atoms with E-state index in [2.05, 4.69) is 10.5 Å². The summed E-state index contributed by atoms with van der Waals surface area (Å²) in [6, 6.07) is 8.56. The number of hydrogen-bond acceptors (Lipinski definition) is 4. The van der Waals surface area contributed by atoms with Gasteiger partial charge >= 0.3 is 0 Å². The molecule has 0 spiro atoms. The Morgan fingerprint density at radius 3 is 2.83 bits per heavy atom. The smallest absolute Gasteiger partial charge is 0.272 e. The zero-order chi connectivity index (χ0) is 17.7. The Hall–Kier alpha value is -1.80. The number of halogens is 2. The van der Waals surface area contributed by atoms with Crippen molar-refractivity contribution in [3.8, 4) is 11.5 Å². The Kier molecular flexibility index (Phi) is 6.44. The molecule has 0 aliphatic rings. The maximum Gasteiger partial charge on any atom is 0.272 e. The largest absolute Gasteiger partial charge is 0.504 e. The lowest BCUT2D eigenvalue weighted by Crippen LogP contribution is -2.18. The van der Waals surface area contributed by atoms with Crippen molar-refractivity contribution in [2.45, 2.75) is 13.8 Å². The molecule has 0 heterocycles. The summed E-state index contributed by atoms with van der Waals surface area (Å²) < 4.78 is 5.99. The van der Waals surface area contributed by atoms with Gasteiger partial charge in [-0.3, -0.25) is 4.79 Å². The van der Waals surface area contributed by atoms with Gasteiger partial charge in [0.05, 0.1) is 27.0 Å². The van der Waals surface area contributed by atoms with Crippen LogP contribution < -0.4 is 10.2 Å². The molecule has 24 heavy (non-hydrogen) atoms. The van der Waals surface area contributed by atoms with Gasteiger partial charge in [-0.1, -0.05) is 17.7 Å². The van der Waals surface area contributed by atoms with Crippen molar-refractivity contribution in [3.05, 3.63) is 55.6 Å². The fraction of sp³-hybridized carbons (Fsp3) is 0.176. The second kappa shape index (κ2) is 8.34. The molecule has 5 nitrogen and oxygen atoms in total. The number of amides is 1. The lowest BCUT2D eigenvalue weighted by atomic mass is 10.1. The van der Waals surface area contributed by atoms with Gasteiger partial charge in [0.25, 0.3) is 5.91 Å². The Labute approximate surface area is 158 Å². The van der Waals surface area contributed by atoms with Crippen LogP contribution in [0.3, 0.4) is 0 Å². The molecule has 2 N–H and O–H groups in total. The molecule has 2 aromatic carbocycles. The molecule has 0 aliphatic carbocycles. The molecular formula is C17H16ClIN2O3. The maximum atomic E-state index is 12.1. The van der Waals surface area contributed by atoms with Crippen molar-refractivity contribution in [3.63, 3.8) is 0 Å².